The van der Waals surface area contributed by atoms with Crippen LogP contribution < -0.4 is 14.2 Å². The van der Waals surface area contributed by atoms with Crippen LogP contribution >= 0.6 is 0 Å². The highest BCUT2D eigenvalue weighted by molar-refractivity contribution is 5.63. The molecule has 8 rings (SSSR count). The van der Waals surface area contributed by atoms with E-state index in [1.54, 1.807) is 12.1 Å². The van der Waals surface area contributed by atoms with Crippen LogP contribution in [0.4, 0.5) is 22.7 Å². The Labute approximate surface area is 351 Å². The Morgan fingerprint density at radius 1 is 0.557 bits per heavy atom. The summed E-state index contributed by atoms with van der Waals surface area (Å²) in [6, 6.07) is 34.6. The minimum Gasteiger partial charge on any atom is -0.507 e. The summed E-state index contributed by atoms with van der Waals surface area (Å²) in [7, 11) is 0. The normalized spacial score (nSPS) is 14.4. The predicted octanol–water partition coefficient (Wildman–Crippen LogP) is 9.68. The molecule has 0 atom stereocenters. The number of nitro benzene ring substituents is 2. The number of hydrogen-bond donors (Lipinski definition) is 1. The number of non-ortho nitro benzene ring substituents is 1. The third-order valence-corrected chi connectivity index (χ3v) is 10.5. The number of azo groups is 1. The zero-order valence-corrected chi connectivity index (χ0v) is 33.2. The summed E-state index contributed by atoms with van der Waals surface area (Å²) < 4.78 is 31.6. The van der Waals surface area contributed by atoms with E-state index in [1.165, 1.54) is 6.07 Å². The van der Waals surface area contributed by atoms with Crippen molar-refractivity contribution < 1.29 is 38.6 Å². The lowest BCUT2D eigenvalue weighted by Gasteiger charge is -2.22. The molecule has 6 aromatic carbocycles. The minimum atomic E-state index is -0.738. The van der Waals surface area contributed by atoms with Gasteiger partial charge in [-0.15, -0.1) is 5.11 Å². The molecule has 1 heterocycles. The molecule has 1 N–H and O–H groups in total. The van der Waals surface area contributed by atoms with Gasteiger partial charge >= 0.3 is 5.69 Å². The van der Waals surface area contributed by atoms with Gasteiger partial charge in [-0.25, -0.2) is 0 Å². The molecule has 6 aromatic rings. The van der Waals surface area contributed by atoms with E-state index in [0.29, 0.717) is 74.2 Å². The molecule has 0 radical (unpaired) electrons. The number of ether oxygens (including phenoxy) is 5. The average Bonchev–Trinajstić information content (AvgIpc) is 3.26. The number of phenols is 1. The van der Waals surface area contributed by atoms with Gasteiger partial charge in [0.15, 0.2) is 5.69 Å². The monoisotopic (exact) mass is 822 g/mol. The average molecular weight is 823 g/mol. The van der Waals surface area contributed by atoms with Gasteiger partial charge in [0, 0.05) is 42.9 Å². The molecule has 14 heteroatoms. The van der Waals surface area contributed by atoms with Gasteiger partial charge in [0.1, 0.15) is 42.8 Å². The summed E-state index contributed by atoms with van der Waals surface area (Å²) in [5, 5.41) is 44.0. The van der Waals surface area contributed by atoms with Crippen molar-refractivity contribution in [2.24, 2.45) is 10.2 Å². The van der Waals surface area contributed by atoms with Gasteiger partial charge in [-0.05, 0) is 57.1 Å². The van der Waals surface area contributed by atoms with Crippen LogP contribution in [0.3, 0.4) is 0 Å². The highest BCUT2D eigenvalue weighted by atomic mass is 16.6. The second-order valence-corrected chi connectivity index (χ2v) is 14.6. The SMILES string of the molecule is O=[N+]([O-])c1ccc(N=Nc2cc3c(O)c(c2)Cc2cccc4c2OCCOCCOCCOc2c(cccc2Cc2cccc(c2OCc2ccccc2)C4)C3)c([N+](=O)[O-])c1. The summed E-state index contributed by atoms with van der Waals surface area (Å²) in [6.45, 7) is 2.26. The molecule has 0 saturated carbocycles. The summed E-state index contributed by atoms with van der Waals surface area (Å²) in [4.78, 5) is 21.8. The number of nitro groups is 2. The van der Waals surface area contributed by atoms with Gasteiger partial charge in [0.25, 0.3) is 5.69 Å². The first kappa shape index (κ1) is 40.6. The maximum Gasteiger partial charge on any atom is 0.303 e. The first-order valence-corrected chi connectivity index (χ1v) is 19.9. The minimum absolute atomic E-state index is 0.0338. The Kier molecular flexibility index (Phi) is 12.5. The maximum atomic E-state index is 12.1. The predicted molar refractivity (Wildman–Crippen MR) is 226 cm³/mol. The van der Waals surface area contributed by atoms with E-state index in [-0.39, 0.29) is 37.5 Å². The van der Waals surface area contributed by atoms with E-state index in [2.05, 4.69) is 22.4 Å². The number of benzene rings is 6. The fourth-order valence-electron chi connectivity index (χ4n) is 7.62. The zero-order valence-electron chi connectivity index (χ0n) is 33.2. The highest BCUT2D eigenvalue weighted by Crippen LogP contribution is 2.41. The van der Waals surface area contributed by atoms with E-state index in [1.807, 2.05) is 72.8 Å². The molecule has 61 heavy (non-hydrogen) atoms. The molecular weight excluding hydrogens is 781 g/mol. The van der Waals surface area contributed by atoms with E-state index in [0.717, 1.165) is 56.8 Å². The van der Waals surface area contributed by atoms with Crippen molar-refractivity contribution in [3.05, 3.63) is 186 Å². The van der Waals surface area contributed by atoms with Crippen molar-refractivity contribution >= 4 is 22.7 Å². The van der Waals surface area contributed by atoms with Gasteiger partial charge in [0.2, 0.25) is 0 Å². The molecule has 0 aromatic heterocycles. The molecule has 2 aliphatic rings. The molecule has 0 spiro atoms. The smallest absolute Gasteiger partial charge is 0.303 e. The highest BCUT2D eigenvalue weighted by Gasteiger charge is 2.23. The molecule has 310 valence electrons. The van der Waals surface area contributed by atoms with Crippen molar-refractivity contribution in [1.82, 2.24) is 0 Å². The van der Waals surface area contributed by atoms with Crippen LogP contribution in [0.2, 0.25) is 0 Å². The number of aromatic hydroxyl groups is 1. The quantitative estimate of drug-likeness (QED) is 0.0925. The summed E-state index contributed by atoms with van der Waals surface area (Å²) >= 11 is 0. The van der Waals surface area contributed by atoms with E-state index < -0.39 is 21.2 Å². The van der Waals surface area contributed by atoms with Crippen LogP contribution in [0.1, 0.15) is 50.1 Å². The summed E-state index contributed by atoms with van der Waals surface area (Å²) in [5.41, 5.74) is 6.52. The van der Waals surface area contributed by atoms with E-state index >= 15 is 0 Å². The van der Waals surface area contributed by atoms with Crippen LogP contribution in [-0.4, -0.2) is 54.6 Å². The number of hydrogen-bond acceptors (Lipinski definition) is 12. The van der Waals surface area contributed by atoms with Crippen LogP contribution in [0.15, 0.2) is 125 Å². The molecule has 1 aliphatic heterocycles. The second kappa shape index (κ2) is 18.8. The summed E-state index contributed by atoms with van der Waals surface area (Å²) in [6.07, 6.45) is 1.38. The van der Waals surface area contributed by atoms with Gasteiger partial charge in [0.05, 0.1) is 48.0 Å². The fraction of sp³-hybridized carbons (Fsp3) is 0.234. The second-order valence-electron chi connectivity index (χ2n) is 14.6. The third-order valence-electron chi connectivity index (χ3n) is 10.5. The van der Waals surface area contributed by atoms with Crippen molar-refractivity contribution in [3.8, 4) is 23.0 Å². The Morgan fingerprint density at radius 2 is 1.07 bits per heavy atom. The van der Waals surface area contributed by atoms with Crippen LogP contribution in [0.25, 0.3) is 0 Å². The lowest BCUT2D eigenvalue weighted by atomic mass is 9.91. The van der Waals surface area contributed by atoms with E-state index in [9.17, 15) is 25.3 Å². The first-order valence-electron chi connectivity index (χ1n) is 19.9. The standard InChI is InChI=1S/C47H42N4O10/c52-44-38-25-36-13-4-9-32-23-34-11-6-12-35(47(34)61-30-31-7-2-1-3-8-31)24-33-10-5-14-37(46(33)60-22-20-58-18-17-57-19-21-59-45(32)36)26-39(44)28-40(27-38)48-49-42-16-15-41(50(53)54)29-43(42)51(55)56/h1-16,27-29,52H,17-26,30H2. The molecule has 1 aliphatic carbocycles. The molecule has 0 fully saturated rings. The first-order chi connectivity index (χ1) is 29.8. The van der Waals surface area contributed by atoms with Gasteiger partial charge < -0.3 is 28.8 Å². The van der Waals surface area contributed by atoms with Gasteiger partial charge in [-0.2, -0.15) is 5.11 Å². The molecule has 0 unspecified atom stereocenters. The Balaban J connectivity index is 1.30. The zero-order chi connectivity index (χ0) is 42.1. The van der Waals surface area contributed by atoms with Crippen molar-refractivity contribution in [3.63, 3.8) is 0 Å². The van der Waals surface area contributed by atoms with E-state index in [4.69, 9.17) is 23.7 Å². The number of para-hydroxylation sites is 3. The van der Waals surface area contributed by atoms with Crippen molar-refractivity contribution in [2.75, 3.05) is 39.6 Å². The lowest BCUT2D eigenvalue weighted by Crippen LogP contribution is -2.14. The topological polar surface area (TPSA) is 177 Å². The van der Waals surface area contributed by atoms with Gasteiger partial charge in [-0.3, -0.25) is 20.2 Å². The number of fused-ring (bicyclic) bond motifs is 2. The van der Waals surface area contributed by atoms with Gasteiger partial charge in [-0.1, -0.05) is 84.9 Å². The van der Waals surface area contributed by atoms with Crippen LogP contribution in [0, 0.1) is 20.2 Å². The molecule has 14 nitrogen and oxygen atoms in total. The summed E-state index contributed by atoms with van der Waals surface area (Å²) in [5.74, 6) is 2.10. The molecule has 0 saturated heterocycles. The van der Waals surface area contributed by atoms with Crippen molar-refractivity contribution in [1.29, 1.82) is 0 Å². The Morgan fingerprint density at radius 3 is 1.59 bits per heavy atom. The molecule has 10 bridgehead atoms. The maximum absolute atomic E-state index is 12.1. The fourth-order valence-corrected chi connectivity index (χ4v) is 7.62. The molecule has 0 amide bonds. The third kappa shape index (κ3) is 9.67. The Bertz CT molecular complexity index is 2490. The Hall–Kier alpha value is -7.16. The molecular formula is C47H42N4O10. The lowest BCUT2D eigenvalue weighted by molar-refractivity contribution is -0.393. The number of rotatable bonds is 7. The number of nitrogens with zero attached hydrogens (tertiary/aromatic N) is 4. The van der Waals surface area contributed by atoms with Crippen LogP contribution in [0.5, 0.6) is 23.0 Å². The largest absolute Gasteiger partial charge is 0.507 e. The number of phenolic OH excluding ortho intramolecular Hbond substituents is 1. The van der Waals surface area contributed by atoms with Crippen molar-refractivity contribution in [2.45, 2.75) is 32.3 Å². The van der Waals surface area contributed by atoms with Crippen LogP contribution in [-0.2, 0) is 41.8 Å².